The Kier molecular flexibility index (Phi) is 6.08. The van der Waals surface area contributed by atoms with Crippen molar-refractivity contribution in [2.45, 2.75) is 31.7 Å². The summed E-state index contributed by atoms with van der Waals surface area (Å²) in [5.74, 6) is 0.106. The molecule has 7 heteroatoms. The van der Waals surface area contributed by atoms with Gasteiger partial charge in [-0.3, -0.25) is 9.69 Å². The monoisotopic (exact) mass is 362 g/mol. The van der Waals surface area contributed by atoms with E-state index in [0.717, 1.165) is 12.8 Å². The fraction of sp³-hybridized carbons (Fsp3) is 0.579. The van der Waals surface area contributed by atoms with Gasteiger partial charge in [0.25, 0.3) is 0 Å². The molecule has 1 heterocycles. The van der Waals surface area contributed by atoms with Crippen LogP contribution in [0.2, 0.25) is 0 Å². The Morgan fingerprint density at radius 1 is 1.15 bits per heavy atom. The van der Waals surface area contributed by atoms with E-state index < -0.39 is 0 Å². The molecule has 1 atom stereocenters. The number of anilines is 1. The van der Waals surface area contributed by atoms with Crippen molar-refractivity contribution in [3.63, 3.8) is 0 Å². The SMILES string of the molecule is CNC(=O)C(C1CCCC1)N1CCN(C(=O)Nc2cccc(F)c2)CC1. The van der Waals surface area contributed by atoms with E-state index in [9.17, 15) is 14.0 Å². The van der Waals surface area contributed by atoms with Gasteiger partial charge < -0.3 is 15.5 Å². The lowest BCUT2D eigenvalue weighted by Gasteiger charge is -2.40. The maximum Gasteiger partial charge on any atom is 0.321 e. The highest BCUT2D eigenvalue weighted by Gasteiger charge is 2.36. The zero-order valence-corrected chi connectivity index (χ0v) is 15.2. The van der Waals surface area contributed by atoms with E-state index in [1.54, 1.807) is 24.1 Å². The van der Waals surface area contributed by atoms with E-state index in [1.165, 1.54) is 25.0 Å². The number of benzene rings is 1. The van der Waals surface area contributed by atoms with Crippen molar-refractivity contribution in [2.24, 2.45) is 5.92 Å². The topological polar surface area (TPSA) is 64.7 Å². The molecule has 2 N–H and O–H groups in total. The van der Waals surface area contributed by atoms with Gasteiger partial charge in [0.05, 0.1) is 6.04 Å². The second kappa shape index (κ2) is 8.49. The Bertz CT molecular complexity index is 640. The fourth-order valence-electron chi connectivity index (χ4n) is 4.07. The van der Waals surface area contributed by atoms with Gasteiger partial charge in [-0.25, -0.2) is 9.18 Å². The molecule has 3 rings (SSSR count). The normalized spacial score (nSPS) is 20.0. The predicted molar refractivity (Wildman–Crippen MR) is 98.4 cm³/mol. The number of hydrogen-bond donors (Lipinski definition) is 2. The highest BCUT2D eigenvalue weighted by atomic mass is 19.1. The van der Waals surface area contributed by atoms with Crippen LogP contribution in [-0.2, 0) is 4.79 Å². The van der Waals surface area contributed by atoms with Crippen LogP contribution in [0.15, 0.2) is 24.3 Å². The molecule has 1 saturated carbocycles. The molecule has 1 aliphatic carbocycles. The molecule has 1 saturated heterocycles. The number of carbonyl (C=O) groups is 2. The van der Waals surface area contributed by atoms with Crippen molar-refractivity contribution in [2.75, 3.05) is 38.5 Å². The predicted octanol–water partition coefficient (Wildman–Crippen LogP) is 2.28. The number of likely N-dealkylation sites (N-methyl/N-ethyl adjacent to an activating group) is 1. The quantitative estimate of drug-likeness (QED) is 0.864. The second-order valence-corrected chi connectivity index (χ2v) is 7.07. The van der Waals surface area contributed by atoms with Crippen molar-refractivity contribution in [3.05, 3.63) is 30.1 Å². The first-order chi connectivity index (χ1) is 12.6. The summed E-state index contributed by atoms with van der Waals surface area (Å²) in [6.45, 7) is 2.46. The standard InChI is InChI=1S/C19H27FN4O2/c1-21-18(25)17(14-5-2-3-6-14)23-9-11-24(12-10-23)19(26)22-16-8-4-7-15(20)13-16/h4,7-8,13-14,17H,2-3,5-6,9-12H2,1H3,(H,21,25)(H,22,26). The van der Waals surface area contributed by atoms with E-state index >= 15 is 0 Å². The summed E-state index contributed by atoms with van der Waals surface area (Å²) in [4.78, 5) is 28.7. The van der Waals surface area contributed by atoms with Crippen molar-refractivity contribution in [3.8, 4) is 0 Å². The number of urea groups is 1. The van der Waals surface area contributed by atoms with Crippen LogP contribution in [-0.4, -0.2) is 61.0 Å². The molecule has 3 amide bonds. The highest BCUT2D eigenvalue weighted by molar-refractivity contribution is 5.89. The highest BCUT2D eigenvalue weighted by Crippen LogP contribution is 2.31. The average Bonchev–Trinajstić information content (AvgIpc) is 3.16. The number of carbonyl (C=O) groups excluding carboxylic acids is 2. The summed E-state index contributed by atoms with van der Waals surface area (Å²) >= 11 is 0. The van der Waals surface area contributed by atoms with Gasteiger partial charge in [0.15, 0.2) is 0 Å². The van der Waals surface area contributed by atoms with E-state index in [4.69, 9.17) is 0 Å². The fourth-order valence-corrected chi connectivity index (χ4v) is 4.07. The zero-order valence-electron chi connectivity index (χ0n) is 15.2. The molecule has 0 radical (unpaired) electrons. The molecule has 1 aliphatic heterocycles. The van der Waals surface area contributed by atoms with E-state index in [0.29, 0.717) is 37.8 Å². The molecule has 2 fully saturated rings. The lowest BCUT2D eigenvalue weighted by atomic mass is 9.95. The molecule has 142 valence electrons. The third-order valence-electron chi connectivity index (χ3n) is 5.43. The van der Waals surface area contributed by atoms with Gasteiger partial charge in [-0.05, 0) is 37.0 Å². The first-order valence-electron chi connectivity index (χ1n) is 9.35. The molecule has 0 bridgehead atoms. The maximum absolute atomic E-state index is 13.2. The van der Waals surface area contributed by atoms with Crippen molar-refractivity contribution < 1.29 is 14.0 Å². The van der Waals surface area contributed by atoms with Crippen molar-refractivity contribution >= 4 is 17.6 Å². The number of piperazine rings is 1. The van der Waals surface area contributed by atoms with Crippen LogP contribution in [0, 0.1) is 11.7 Å². The minimum atomic E-state index is -0.377. The van der Waals surface area contributed by atoms with Crippen molar-refractivity contribution in [1.29, 1.82) is 0 Å². The van der Waals surface area contributed by atoms with Crippen LogP contribution in [0.1, 0.15) is 25.7 Å². The molecular weight excluding hydrogens is 335 g/mol. The van der Waals surface area contributed by atoms with Gasteiger partial charge >= 0.3 is 6.03 Å². The smallest absolute Gasteiger partial charge is 0.321 e. The second-order valence-electron chi connectivity index (χ2n) is 7.07. The number of nitrogens with one attached hydrogen (secondary N) is 2. The summed E-state index contributed by atoms with van der Waals surface area (Å²) in [5.41, 5.74) is 0.451. The number of amides is 3. The minimum Gasteiger partial charge on any atom is -0.358 e. The number of halogens is 1. The average molecular weight is 362 g/mol. The van der Waals surface area contributed by atoms with Gasteiger partial charge in [0.1, 0.15) is 5.82 Å². The first-order valence-corrected chi connectivity index (χ1v) is 9.35. The van der Waals surface area contributed by atoms with E-state index in [1.807, 2.05) is 0 Å². The van der Waals surface area contributed by atoms with Crippen molar-refractivity contribution in [1.82, 2.24) is 15.1 Å². The summed E-state index contributed by atoms with van der Waals surface area (Å²) in [7, 11) is 1.69. The third-order valence-corrected chi connectivity index (χ3v) is 5.43. The van der Waals surface area contributed by atoms with Crippen LogP contribution < -0.4 is 10.6 Å². The molecule has 1 unspecified atom stereocenters. The third kappa shape index (κ3) is 4.33. The Labute approximate surface area is 153 Å². The van der Waals surface area contributed by atoms with Gasteiger partial charge in [0, 0.05) is 38.9 Å². The van der Waals surface area contributed by atoms with Crippen LogP contribution in [0.3, 0.4) is 0 Å². The Morgan fingerprint density at radius 2 is 1.85 bits per heavy atom. The lowest BCUT2D eigenvalue weighted by molar-refractivity contribution is -0.128. The minimum absolute atomic E-state index is 0.0783. The van der Waals surface area contributed by atoms with Crippen LogP contribution in [0.25, 0.3) is 0 Å². The van der Waals surface area contributed by atoms with Crippen LogP contribution in [0.4, 0.5) is 14.9 Å². The lowest BCUT2D eigenvalue weighted by Crippen LogP contribution is -2.58. The summed E-state index contributed by atoms with van der Waals surface area (Å²) in [5, 5.41) is 5.54. The van der Waals surface area contributed by atoms with Gasteiger partial charge in [-0.2, -0.15) is 0 Å². The van der Waals surface area contributed by atoms with Crippen LogP contribution in [0.5, 0.6) is 0 Å². The van der Waals surface area contributed by atoms with Gasteiger partial charge in [0.2, 0.25) is 5.91 Å². The summed E-state index contributed by atoms with van der Waals surface area (Å²) < 4.78 is 13.2. The zero-order chi connectivity index (χ0) is 18.5. The van der Waals surface area contributed by atoms with E-state index in [2.05, 4.69) is 15.5 Å². The molecule has 0 spiro atoms. The van der Waals surface area contributed by atoms with Gasteiger partial charge in [-0.1, -0.05) is 18.9 Å². The maximum atomic E-state index is 13.2. The van der Waals surface area contributed by atoms with Crippen LogP contribution >= 0.6 is 0 Å². The molecule has 2 aliphatic rings. The summed E-state index contributed by atoms with van der Waals surface area (Å²) in [6, 6.07) is 5.55. The molecule has 1 aromatic carbocycles. The molecule has 6 nitrogen and oxygen atoms in total. The molecule has 0 aromatic heterocycles. The number of nitrogens with zero attached hydrogens (tertiary/aromatic N) is 2. The van der Waals surface area contributed by atoms with Gasteiger partial charge in [-0.15, -0.1) is 0 Å². The Balaban J connectivity index is 1.57. The molecule has 1 aromatic rings. The number of hydrogen-bond acceptors (Lipinski definition) is 3. The molecule has 26 heavy (non-hydrogen) atoms. The largest absolute Gasteiger partial charge is 0.358 e. The Morgan fingerprint density at radius 3 is 2.46 bits per heavy atom. The number of rotatable bonds is 4. The molecular formula is C19H27FN4O2. The van der Waals surface area contributed by atoms with E-state index in [-0.39, 0.29) is 23.8 Å². The Hall–Kier alpha value is -2.15. The summed E-state index contributed by atoms with van der Waals surface area (Å²) in [6.07, 6.45) is 4.57. The first kappa shape index (κ1) is 18.6.